The molecule has 0 aliphatic carbocycles. The summed E-state index contributed by atoms with van der Waals surface area (Å²) in [7, 11) is 0. The van der Waals surface area contributed by atoms with Crippen molar-refractivity contribution in [3.05, 3.63) is 0 Å². The number of hydrogen-bond donors (Lipinski definition) is 1. The van der Waals surface area contributed by atoms with E-state index in [2.05, 4.69) is 24.1 Å². The van der Waals surface area contributed by atoms with E-state index in [0.717, 1.165) is 6.04 Å². The molecule has 0 amide bonds. The van der Waals surface area contributed by atoms with Crippen LogP contribution in [0.1, 0.15) is 46.0 Å². The Bertz CT molecular complexity index is 342. The van der Waals surface area contributed by atoms with Gasteiger partial charge < -0.3 is 5.32 Å². The molecule has 108 valence electrons. The first kappa shape index (κ1) is 13.7. The van der Waals surface area contributed by atoms with Crippen LogP contribution in [0.25, 0.3) is 0 Å². The zero-order chi connectivity index (χ0) is 13.2. The number of nitrogens with zero attached hydrogens (tertiary/aromatic N) is 2. The molecule has 3 unspecified atom stereocenters. The molecule has 2 fully saturated rings. The Morgan fingerprint density at radius 2 is 2.11 bits per heavy atom. The maximum absolute atomic E-state index is 4.93. The molecular weight excluding hydrogens is 254 g/mol. The first-order valence-electron chi connectivity index (χ1n) is 7.95. The molecule has 0 aromatic rings. The molecule has 0 aromatic carbocycles. The van der Waals surface area contributed by atoms with Gasteiger partial charge in [-0.25, -0.2) is 0 Å². The highest BCUT2D eigenvalue weighted by molar-refractivity contribution is 8.13. The third kappa shape index (κ3) is 3.10. The smallest absolute Gasteiger partial charge is 0.157 e. The molecule has 0 bridgehead atoms. The third-order valence-corrected chi connectivity index (χ3v) is 5.81. The minimum Gasteiger partial charge on any atom is -0.361 e. The highest BCUT2D eigenvalue weighted by atomic mass is 32.2. The summed E-state index contributed by atoms with van der Waals surface area (Å²) in [6.07, 6.45) is 6.73. The molecule has 0 radical (unpaired) electrons. The first-order chi connectivity index (χ1) is 9.24. The Kier molecular flexibility index (Phi) is 4.37. The van der Waals surface area contributed by atoms with Crippen molar-refractivity contribution in [3.8, 4) is 0 Å². The van der Waals surface area contributed by atoms with Crippen LogP contribution in [-0.4, -0.2) is 47.0 Å². The number of fused-ring (bicyclic) bond motifs is 1. The lowest BCUT2D eigenvalue weighted by Gasteiger charge is -2.33. The predicted molar refractivity (Wildman–Crippen MR) is 83.9 cm³/mol. The number of piperidine rings is 1. The van der Waals surface area contributed by atoms with Gasteiger partial charge in [0, 0.05) is 24.4 Å². The molecule has 1 N–H and O–H groups in total. The van der Waals surface area contributed by atoms with Crippen molar-refractivity contribution in [2.75, 3.05) is 18.8 Å². The van der Waals surface area contributed by atoms with Gasteiger partial charge in [0.2, 0.25) is 0 Å². The van der Waals surface area contributed by atoms with E-state index in [1.807, 2.05) is 11.8 Å². The van der Waals surface area contributed by atoms with E-state index in [9.17, 15) is 0 Å². The van der Waals surface area contributed by atoms with Gasteiger partial charge in [0.05, 0.1) is 6.04 Å². The summed E-state index contributed by atoms with van der Waals surface area (Å²) < 4.78 is 0. The minimum absolute atomic E-state index is 0.535. The highest BCUT2D eigenvalue weighted by Crippen LogP contribution is 2.29. The molecular formula is C15H27N3S. The SMILES string of the molecule is CC(C)C1CCSC(NC2CCN3CCCCC23)=N1. The van der Waals surface area contributed by atoms with Crippen LogP contribution < -0.4 is 5.32 Å². The van der Waals surface area contributed by atoms with Crippen molar-refractivity contribution in [3.63, 3.8) is 0 Å². The number of amidine groups is 1. The van der Waals surface area contributed by atoms with Crippen LogP contribution in [0.15, 0.2) is 4.99 Å². The van der Waals surface area contributed by atoms with Crippen molar-refractivity contribution >= 4 is 16.9 Å². The third-order valence-electron chi connectivity index (χ3n) is 4.87. The van der Waals surface area contributed by atoms with Crippen molar-refractivity contribution < 1.29 is 0 Å². The number of thioether (sulfide) groups is 1. The minimum atomic E-state index is 0.535. The van der Waals surface area contributed by atoms with Crippen molar-refractivity contribution in [1.29, 1.82) is 0 Å². The lowest BCUT2D eigenvalue weighted by Crippen LogP contribution is -2.47. The molecule has 0 saturated carbocycles. The Morgan fingerprint density at radius 3 is 2.95 bits per heavy atom. The van der Waals surface area contributed by atoms with Gasteiger partial charge in [-0.05, 0) is 38.1 Å². The van der Waals surface area contributed by atoms with E-state index < -0.39 is 0 Å². The molecule has 0 aromatic heterocycles. The molecule has 19 heavy (non-hydrogen) atoms. The van der Waals surface area contributed by atoms with Gasteiger partial charge in [-0.1, -0.05) is 32.0 Å². The molecule has 3 rings (SSSR count). The highest BCUT2D eigenvalue weighted by Gasteiger charge is 2.36. The average molecular weight is 281 g/mol. The second-order valence-electron chi connectivity index (χ2n) is 6.52. The zero-order valence-corrected chi connectivity index (χ0v) is 13.1. The van der Waals surface area contributed by atoms with Gasteiger partial charge in [-0.2, -0.15) is 0 Å². The largest absolute Gasteiger partial charge is 0.361 e. The topological polar surface area (TPSA) is 27.6 Å². The fraction of sp³-hybridized carbons (Fsp3) is 0.933. The zero-order valence-electron chi connectivity index (χ0n) is 12.3. The maximum atomic E-state index is 4.93. The molecule has 3 aliphatic heterocycles. The molecule has 0 spiro atoms. The van der Waals surface area contributed by atoms with Gasteiger partial charge >= 0.3 is 0 Å². The summed E-state index contributed by atoms with van der Waals surface area (Å²) in [6, 6.07) is 1.96. The summed E-state index contributed by atoms with van der Waals surface area (Å²) >= 11 is 1.93. The summed E-state index contributed by atoms with van der Waals surface area (Å²) in [4.78, 5) is 7.62. The second kappa shape index (κ2) is 6.04. The Labute approximate surface area is 121 Å². The van der Waals surface area contributed by atoms with E-state index >= 15 is 0 Å². The van der Waals surface area contributed by atoms with Gasteiger partial charge in [0.15, 0.2) is 5.17 Å². The lowest BCUT2D eigenvalue weighted by molar-refractivity contribution is 0.185. The summed E-state index contributed by atoms with van der Waals surface area (Å²) in [5.41, 5.74) is 0. The molecule has 3 aliphatic rings. The van der Waals surface area contributed by atoms with Crippen LogP contribution >= 0.6 is 11.8 Å². The molecule has 3 atom stereocenters. The van der Waals surface area contributed by atoms with Crippen molar-refractivity contribution in [1.82, 2.24) is 10.2 Å². The number of nitrogens with one attached hydrogen (secondary N) is 1. The predicted octanol–water partition coefficient (Wildman–Crippen LogP) is 2.72. The molecule has 3 nitrogen and oxygen atoms in total. The second-order valence-corrected chi connectivity index (χ2v) is 7.60. The average Bonchev–Trinajstić information content (AvgIpc) is 2.83. The standard InChI is InChI=1S/C15H27N3S/c1-11(2)12-7-10-19-15(16-12)17-13-6-9-18-8-4-3-5-14(13)18/h11-14H,3-10H2,1-2H3,(H,16,17). The van der Waals surface area contributed by atoms with Crippen LogP contribution in [0, 0.1) is 5.92 Å². The lowest BCUT2D eigenvalue weighted by atomic mass is 9.99. The molecule has 3 heterocycles. The quantitative estimate of drug-likeness (QED) is 0.843. The summed E-state index contributed by atoms with van der Waals surface area (Å²) in [5, 5.41) is 5.00. The monoisotopic (exact) mass is 281 g/mol. The van der Waals surface area contributed by atoms with E-state index in [4.69, 9.17) is 4.99 Å². The fourth-order valence-corrected chi connectivity index (χ4v) is 4.66. The molecule has 2 saturated heterocycles. The van der Waals surface area contributed by atoms with Crippen LogP contribution in [0.4, 0.5) is 0 Å². The Hall–Kier alpha value is -0.220. The number of rotatable bonds is 2. The normalized spacial score (nSPS) is 36.2. The van der Waals surface area contributed by atoms with Crippen molar-refractivity contribution in [2.24, 2.45) is 10.9 Å². The summed E-state index contributed by atoms with van der Waals surface area (Å²) in [5.74, 6) is 1.91. The molecule has 4 heteroatoms. The Balaban J connectivity index is 1.61. The number of hydrogen-bond acceptors (Lipinski definition) is 4. The maximum Gasteiger partial charge on any atom is 0.157 e. The first-order valence-corrected chi connectivity index (χ1v) is 8.94. The van der Waals surface area contributed by atoms with Crippen LogP contribution in [-0.2, 0) is 0 Å². The van der Waals surface area contributed by atoms with Crippen LogP contribution in [0.2, 0.25) is 0 Å². The Morgan fingerprint density at radius 1 is 1.21 bits per heavy atom. The van der Waals surface area contributed by atoms with Crippen molar-refractivity contribution in [2.45, 2.75) is 64.1 Å². The van der Waals surface area contributed by atoms with Crippen LogP contribution in [0.3, 0.4) is 0 Å². The van der Waals surface area contributed by atoms with E-state index in [0.29, 0.717) is 18.0 Å². The van der Waals surface area contributed by atoms with Gasteiger partial charge in [-0.3, -0.25) is 9.89 Å². The van der Waals surface area contributed by atoms with E-state index in [1.165, 1.54) is 56.1 Å². The van der Waals surface area contributed by atoms with Gasteiger partial charge in [0.1, 0.15) is 0 Å². The summed E-state index contributed by atoms with van der Waals surface area (Å²) in [6.45, 7) is 7.19. The van der Waals surface area contributed by atoms with E-state index in [1.54, 1.807) is 0 Å². The number of aliphatic imine (C=N–C) groups is 1. The fourth-order valence-electron chi connectivity index (χ4n) is 3.66. The van der Waals surface area contributed by atoms with Gasteiger partial charge in [0.25, 0.3) is 0 Å². The van der Waals surface area contributed by atoms with Gasteiger partial charge in [-0.15, -0.1) is 0 Å². The van der Waals surface area contributed by atoms with E-state index in [-0.39, 0.29) is 0 Å². The van der Waals surface area contributed by atoms with Crippen LogP contribution in [0.5, 0.6) is 0 Å².